The van der Waals surface area contributed by atoms with Gasteiger partial charge in [0.1, 0.15) is 0 Å². The van der Waals surface area contributed by atoms with Crippen molar-refractivity contribution in [3.63, 3.8) is 0 Å². The first kappa shape index (κ1) is 16.5. The van der Waals surface area contributed by atoms with Gasteiger partial charge in [-0.25, -0.2) is 13.1 Å². The number of hydrogen-bond acceptors (Lipinski definition) is 3. The Morgan fingerprint density at radius 1 is 1.14 bits per heavy atom. The van der Waals surface area contributed by atoms with Crippen molar-refractivity contribution < 1.29 is 8.42 Å². The van der Waals surface area contributed by atoms with E-state index in [1.54, 1.807) is 6.07 Å². The minimum Gasteiger partial charge on any atom is -0.316 e. The third-order valence-corrected chi connectivity index (χ3v) is 5.76. The van der Waals surface area contributed by atoms with Gasteiger partial charge in [-0.1, -0.05) is 37.8 Å². The number of benzene rings is 1. The molecule has 4 nitrogen and oxygen atoms in total. The predicted molar refractivity (Wildman–Crippen MR) is 85.8 cm³/mol. The van der Waals surface area contributed by atoms with Crippen LogP contribution >= 0.6 is 0 Å². The summed E-state index contributed by atoms with van der Waals surface area (Å²) >= 11 is 0. The minimum absolute atomic E-state index is 0.0878. The van der Waals surface area contributed by atoms with Crippen LogP contribution in [0.2, 0.25) is 0 Å². The Kier molecular flexibility index (Phi) is 5.79. The average molecular weight is 310 g/mol. The number of rotatable bonds is 5. The molecule has 0 unspecified atom stereocenters. The maximum absolute atomic E-state index is 12.7. The summed E-state index contributed by atoms with van der Waals surface area (Å²) in [6.07, 6.45) is 6.57. The minimum atomic E-state index is -3.43. The monoisotopic (exact) mass is 310 g/mol. The lowest BCUT2D eigenvalue weighted by molar-refractivity contribution is 0.509. The zero-order valence-corrected chi connectivity index (χ0v) is 13.8. The normalized spacial score (nSPS) is 17.6. The van der Waals surface area contributed by atoms with Crippen molar-refractivity contribution in [1.82, 2.24) is 10.0 Å². The molecule has 0 bridgehead atoms. The Morgan fingerprint density at radius 2 is 1.81 bits per heavy atom. The maximum atomic E-state index is 12.7. The van der Waals surface area contributed by atoms with Crippen molar-refractivity contribution in [2.24, 2.45) is 0 Å². The summed E-state index contributed by atoms with van der Waals surface area (Å²) in [5.74, 6) is 0. The fourth-order valence-corrected chi connectivity index (χ4v) is 4.53. The molecule has 1 aliphatic carbocycles. The van der Waals surface area contributed by atoms with Crippen molar-refractivity contribution in [2.75, 3.05) is 7.05 Å². The molecule has 0 atom stereocenters. The van der Waals surface area contributed by atoms with Crippen molar-refractivity contribution >= 4 is 10.0 Å². The topological polar surface area (TPSA) is 58.2 Å². The molecular formula is C16H26N2O2S. The number of hydrogen-bond donors (Lipinski definition) is 2. The summed E-state index contributed by atoms with van der Waals surface area (Å²) in [7, 11) is -1.57. The van der Waals surface area contributed by atoms with Crippen molar-refractivity contribution in [1.29, 1.82) is 0 Å². The molecule has 5 heteroatoms. The van der Waals surface area contributed by atoms with Crippen molar-refractivity contribution in [3.8, 4) is 0 Å². The summed E-state index contributed by atoms with van der Waals surface area (Å²) in [4.78, 5) is 0.416. The molecular weight excluding hydrogens is 284 g/mol. The number of sulfonamides is 1. The van der Waals surface area contributed by atoms with E-state index < -0.39 is 10.0 Å². The van der Waals surface area contributed by atoms with Crippen LogP contribution in [0.1, 0.15) is 49.7 Å². The first-order chi connectivity index (χ1) is 10.0. The molecule has 1 fully saturated rings. The molecule has 2 rings (SSSR count). The van der Waals surface area contributed by atoms with E-state index in [0.29, 0.717) is 11.4 Å². The predicted octanol–water partition coefficient (Wildman–Crippen LogP) is 2.72. The Bertz CT molecular complexity index is 562. The van der Waals surface area contributed by atoms with E-state index in [-0.39, 0.29) is 6.04 Å². The van der Waals surface area contributed by atoms with Gasteiger partial charge in [-0.3, -0.25) is 0 Å². The third-order valence-electron chi connectivity index (χ3n) is 4.10. The van der Waals surface area contributed by atoms with Gasteiger partial charge < -0.3 is 5.32 Å². The Hall–Kier alpha value is -0.910. The van der Waals surface area contributed by atoms with Gasteiger partial charge in [0.25, 0.3) is 0 Å². The molecule has 0 aliphatic heterocycles. The van der Waals surface area contributed by atoms with E-state index >= 15 is 0 Å². The van der Waals surface area contributed by atoms with Crippen LogP contribution in [0.5, 0.6) is 0 Å². The lowest BCUT2D eigenvalue weighted by Gasteiger charge is -2.18. The van der Waals surface area contributed by atoms with Crippen molar-refractivity contribution in [3.05, 3.63) is 29.3 Å². The third kappa shape index (κ3) is 4.53. The van der Waals surface area contributed by atoms with Gasteiger partial charge in [0, 0.05) is 12.6 Å². The van der Waals surface area contributed by atoms with Crippen molar-refractivity contribution in [2.45, 2.75) is 62.9 Å². The van der Waals surface area contributed by atoms with Crippen LogP contribution in [0.15, 0.2) is 23.1 Å². The van der Waals surface area contributed by atoms with Crippen LogP contribution in [0.25, 0.3) is 0 Å². The van der Waals surface area contributed by atoms with E-state index in [1.165, 1.54) is 12.8 Å². The molecule has 1 saturated carbocycles. The van der Waals surface area contributed by atoms with Gasteiger partial charge in [-0.05, 0) is 44.0 Å². The molecule has 2 N–H and O–H groups in total. The molecule has 1 aliphatic rings. The molecule has 1 aromatic rings. The highest BCUT2D eigenvalue weighted by Crippen LogP contribution is 2.22. The van der Waals surface area contributed by atoms with Gasteiger partial charge in [-0.2, -0.15) is 0 Å². The zero-order chi connectivity index (χ0) is 15.3. The quantitative estimate of drug-likeness (QED) is 0.822. The first-order valence-corrected chi connectivity index (χ1v) is 9.28. The summed E-state index contributed by atoms with van der Waals surface area (Å²) < 4.78 is 28.2. The standard InChI is InChI=1S/C16H26N2O2S/c1-13-9-10-14(12-17-2)11-16(13)21(19,20)18-15-7-5-3-4-6-8-15/h9-11,15,17-18H,3-8,12H2,1-2H3. The van der Waals surface area contributed by atoms with Crippen LogP contribution in [-0.2, 0) is 16.6 Å². The molecule has 0 saturated heterocycles. The van der Waals surface area contributed by atoms with E-state index in [1.807, 2.05) is 26.1 Å². The first-order valence-electron chi connectivity index (χ1n) is 7.79. The summed E-state index contributed by atoms with van der Waals surface area (Å²) in [5.41, 5.74) is 1.79. The van der Waals surface area contributed by atoms with Crippen LogP contribution in [0.4, 0.5) is 0 Å². The highest BCUT2D eigenvalue weighted by atomic mass is 32.2. The van der Waals surface area contributed by atoms with Crippen LogP contribution in [-0.4, -0.2) is 21.5 Å². The SMILES string of the molecule is CNCc1ccc(C)c(S(=O)(=O)NC2CCCCCC2)c1. The molecule has 0 amide bonds. The van der Waals surface area contributed by atoms with Gasteiger partial charge in [0.05, 0.1) is 4.90 Å². The van der Waals surface area contributed by atoms with E-state index in [0.717, 1.165) is 36.8 Å². The molecule has 0 aromatic heterocycles. The molecule has 118 valence electrons. The second-order valence-electron chi connectivity index (χ2n) is 5.94. The second-order valence-corrected chi connectivity index (χ2v) is 7.62. The lowest BCUT2D eigenvalue weighted by atomic mass is 10.1. The molecule has 0 heterocycles. The molecule has 0 spiro atoms. The Labute approximate surface area is 128 Å². The summed E-state index contributed by atoms with van der Waals surface area (Å²) in [6.45, 7) is 2.52. The average Bonchev–Trinajstić information content (AvgIpc) is 2.69. The lowest BCUT2D eigenvalue weighted by Crippen LogP contribution is -2.34. The Balaban J connectivity index is 2.19. The van der Waals surface area contributed by atoms with Crippen LogP contribution in [0.3, 0.4) is 0 Å². The maximum Gasteiger partial charge on any atom is 0.241 e. The van der Waals surface area contributed by atoms with Gasteiger partial charge >= 0.3 is 0 Å². The van der Waals surface area contributed by atoms with E-state index in [4.69, 9.17) is 0 Å². The van der Waals surface area contributed by atoms with Crippen LogP contribution < -0.4 is 10.0 Å². The Morgan fingerprint density at radius 3 is 2.43 bits per heavy atom. The fraction of sp³-hybridized carbons (Fsp3) is 0.625. The van der Waals surface area contributed by atoms with Gasteiger partial charge in [-0.15, -0.1) is 0 Å². The summed E-state index contributed by atoms with van der Waals surface area (Å²) in [5, 5.41) is 3.06. The highest BCUT2D eigenvalue weighted by Gasteiger charge is 2.22. The molecule has 1 aromatic carbocycles. The number of aryl methyl sites for hydroxylation is 1. The largest absolute Gasteiger partial charge is 0.316 e. The second kappa shape index (κ2) is 7.38. The number of nitrogens with one attached hydrogen (secondary N) is 2. The summed E-state index contributed by atoms with van der Waals surface area (Å²) in [6, 6.07) is 5.72. The highest BCUT2D eigenvalue weighted by molar-refractivity contribution is 7.89. The van der Waals surface area contributed by atoms with Crippen LogP contribution in [0, 0.1) is 6.92 Å². The fourth-order valence-electron chi connectivity index (χ4n) is 2.93. The molecule has 0 radical (unpaired) electrons. The zero-order valence-electron chi connectivity index (χ0n) is 13.0. The van der Waals surface area contributed by atoms with Gasteiger partial charge in [0.2, 0.25) is 10.0 Å². The molecule has 21 heavy (non-hydrogen) atoms. The van der Waals surface area contributed by atoms with Gasteiger partial charge in [0.15, 0.2) is 0 Å². The van der Waals surface area contributed by atoms with E-state index in [9.17, 15) is 8.42 Å². The smallest absolute Gasteiger partial charge is 0.241 e. The van der Waals surface area contributed by atoms with E-state index in [2.05, 4.69) is 10.0 Å².